The Morgan fingerprint density at radius 2 is 2.26 bits per heavy atom. The second kappa shape index (κ2) is 6.52. The van der Waals surface area contributed by atoms with Crippen LogP contribution in [-0.2, 0) is 29.6 Å². The SMILES string of the molecule is CNCCOCc1c(-c2ccc3c(c2)CC(=O)N3)c(C)nn1C. The van der Waals surface area contributed by atoms with Crippen molar-refractivity contribution in [3.8, 4) is 11.1 Å². The maximum Gasteiger partial charge on any atom is 0.228 e. The maximum atomic E-state index is 11.5. The van der Waals surface area contributed by atoms with Crippen molar-refractivity contribution in [1.29, 1.82) is 0 Å². The molecule has 1 aliphatic rings. The first-order chi connectivity index (χ1) is 11.1. The number of hydrogen-bond donors (Lipinski definition) is 2. The number of likely N-dealkylation sites (N-methyl/N-ethyl adjacent to an activating group) is 1. The molecule has 2 heterocycles. The molecule has 0 bridgehead atoms. The Bertz CT molecular complexity index is 736. The summed E-state index contributed by atoms with van der Waals surface area (Å²) in [5.41, 5.74) is 6.15. The van der Waals surface area contributed by atoms with Gasteiger partial charge in [-0.1, -0.05) is 6.07 Å². The van der Waals surface area contributed by atoms with E-state index >= 15 is 0 Å². The number of ether oxygens (including phenoxy) is 1. The third-order valence-corrected chi connectivity index (χ3v) is 4.10. The van der Waals surface area contributed by atoms with Crippen molar-refractivity contribution in [2.45, 2.75) is 20.0 Å². The highest BCUT2D eigenvalue weighted by atomic mass is 16.5. The van der Waals surface area contributed by atoms with Crippen LogP contribution in [0, 0.1) is 6.92 Å². The summed E-state index contributed by atoms with van der Waals surface area (Å²) in [5, 5.41) is 10.5. The average molecular weight is 314 g/mol. The van der Waals surface area contributed by atoms with Gasteiger partial charge in [-0.25, -0.2) is 0 Å². The second-order valence-electron chi connectivity index (χ2n) is 5.78. The van der Waals surface area contributed by atoms with Crippen LogP contribution in [0.15, 0.2) is 18.2 Å². The number of carbonyl (C=O) groups excluding carboxylic acids is 1. The number of benzene rings is 1. The lowest BCUT2D eigenvalue weighted by Gasteiger charge is -2.09. The lowest BCUT2D eigenvalue weighted by atomic mass is 10.00. The molecule has 1 amide bonds. The Morgan fingerprint density at radius 3 is 3.04 bits per heavy atom. The minimum atomic E-state index is 0.0516. The van der Waals surface area contributed by atoms with Crippen LogP contribution >= 0.6 is 0 Å². The van der Waals surface area contributed by atoms with E-state index in [0.29, 0.717) is 19.6 Å². The minimum Gasteiger partial charge on any atom is -0.374 e. The van der Waals surface area contributed by atoms with E-state index in [0.717, 1.165) is 40.3 Å². The van der Waals surface area contributed by atoms with Gasteiger partial charge in [-0.15, -0.1) is 0 Å². The average Bonchev–Trinajstić information content (AvgIpc) is 3.01. The van der Waals surface area contributed by atoms with Crippen molar-refractivity contribution < 1.29 is 9.53 Å². The first kappa shape index (κ1) is 15.7. The fraction of sp³-hybridized carbons (Fsp3) is 0.412. The first-order valence-electron chi connectivity index (χ1n) is 7.78. The molecule has 1 aromatic carbocycles. The molecule has 0 atom stereocenters. The van der Waals surface area contributed by atoms with Gasteiger partial charge in [0.15, 0.2) is 0 Å². The summed E-state index contributed by atoms with van der Waals surface area (Å²) < 4.78 is 7.61. The zero-order valence-electron chi connectivity index (χ0n) is 13.8. The molecule has 6 nitrogen and oxygen atoms in total. The van der Waals surface area contributed by atoms with Crippen LogP contribution in [0.4, 0.5) is 5.69 Å². The molecule has 0 radical (unpaired) electrons. The number of carbonyl (C=O) groups is 1. The van der Waals surface area contributed by atoms with Crippen LogP contribution in [0.1, 0.15) is 17.0 Å². The predicted molar refractivity (Wildman–Crippen MR) is 89.3 cm³/mol. The molecule has 0 saturated heterocycles. The van der Waals surface area contributed by atoms with Gasteiger partial charge in [-0.2, -0.15) is 5.10 Å². The van der Waals surface area contributed by atoms with Gasteiger partial charge in [-0.3, -0.25) is 9.48 Å². The van der Waals surface area contributed by atoms with Crippen molar-refractivity contribution >= 4 is 11.6 Å². The van der Waals surface area contributed by atoms with E-state index in [1.165, 1.54) is 0 Å². The molecular formula is C17H22N4O2. The summed E-state index contributed by atoms with van der Waals surface area (Å²) in [6, 6.07) is 6.08. The number of rotatable bonds is 6. The van der Waals surface area contributed by atoms with Crippen molar-refractivity contribution in [3.05, 3.63) is 35.2 Å². The number of fused-ring (bicyclic) bond motifs is 1. The summed E-state index contributed by atoms with van der Waals surface area (Å²) in [5.74, 6) is 0.0516. The molecule has 2 aromatic rings. The highest BCUT2D eigenvalue weighted by Crippen LogP contribution is 2.32. The topological polar surface area (TPSA) is 68.2 Å². The molecule has 2 N–H and O–H groups in total. The van der Waals surface area contributed by atoms with E-state index in [2.05, 4.69) is 21.8 Å². The van der Waals surface area contributed by atoms with E-state index < -0.39 is 0 Å². The molecule has 23 heavy (non-hydrogen) atoms. The fourth-order valence-corrected chi connectivity index (χ4v) is 2.97. The predicted octanol–water partition coefficient (Wildman–Crippen LogP) is 1.63. The molecule has 1 aromatic heterocycles. The second-order valence-corrected chi connectivity index (χ2v) is 5.78. The largest absolute Gasteiger partial charge is 0.374 e. The normalized spacial score (nSPS) is 13.3. The van der Waals surface area contributed by atoms with Gasteiger partial charge in [0.2, 0.25) is 5.91 Å². The van der Waals surface area contributed by atoms with Crippen LogP contribution in [-0.4, -0.2) is 35.9 Å². The van der Waals surface area contributed by atoms with E-state index in [4.69, 9.17) is 4.74 Å². The number of aromatic nitrogens is 2. The van der Waals surface area contributed by atoms with E-state index in [9.17, 15) is 4.79 Å². The molecule has 0 spiro atoms. The number of anilines is 1. The van der Waals surface area contributed by atoms with Crippen LogP contribution in [0.3, 0.4) is 0 Å². The Kier molecular flexibility index (Phi) is 4.45. The molecule has 6 heteroatoms. The number of amides is 1. The Labute approximate surface area is 135 Å². The van der Waals surface area contributed by atoms with Gasteiger partial charge in [0.25, 0.3) is 0 Å². The monoisotopic (exact) mass is 314 g/mol. The minimum absolute atomic E-state index is 0.0516. The summed E-state index contributed by atoms with van der Waals surface area (Å²) in [7, 11) is 3.84. The smallest absolute Gasteiger partial charge is 0.228 e. The van der Waals surface area contributed by atoms with Crippen molar-refractivity contribution in [1.82, 2.24) is 15.1 Å². The third-order valence-electron chi connectivity index (χ3n) is 4.10. The Balaban J connectivity index is 1.90. The highest BCUT2D eigenvalue weighted by Gasteiger charge is 2.21. The molecule has 3 rings (SSSR count). The number of nitrogens with zero attached hydrogens (tertiary/aromatic N) is 2. The summed E-state index contributed by atoms with van der Waals surface area (Å²) in [6.07, 6.45) is 0.441. The van der Waals surface area contributed by atoms with Gasteiger partial charge in [0.05, 0.1) is 31.0 Å². The van der Waals surface area contributed by atoms with Crippen molar-refractivity contribution in [3.63, 3.8) is 0 Å². The zero-order valence-corrected chi connectivity index (χ0v) is 13.8. The molecule has 0 fully saturated rings. The highest BCUT2D eigenvalue weighted by molar-refractivity contribution is 5.99. The van der Waals surface area contributed by atoms with Crippen LogP contribution in [0.25, 0.3) is 11.1 Å². The molecule has 0 saturated carbocycles. The Hall–Kier alpha value is -2.18. The van der Waals surface area contributed by atoms with Crippen molar-refractivity contribution in [2.75, 3.05) is 25.5 Å². The summed E-state index contributed by atoms with van der Waals surface area (Å²) >= 11 is 0. The van der Waals surface area contributed by atoms with Gasteiger partial charge < -0.3 is 15.4 Å². The molecular weight excluding hydrogens is 292 g/mol. The first-order valence-corrected chi connectivity index (χ1v) is 7.78. The number of nitrogens with one attached hydrogen (secondary N) is 2. The molecule has 0 aliphatic carbocycles. The quantitative estimate of drug-likeness (QED) is 0.795. The lowest BCUT2D eigenvalue weighted by Crippen LogP contribution is -2.14. The fourth-order valence-electron chi connectivity index (χ4n) is 2.97. The van der Waals surface area contributed by atoms with E-state index in [1.54, 1.807) is 0 Å². The standard InChI is InChI=1S/C17H22N4O2/c1-11-17(15(21(3)20-11)10-23-7-6-18-2)12-4-5-14-13(8-12)9-16(22)19-14/h4-5,8,18H,6-7,9-10H2,1-3H3,(H,19,22). The maximum absolute atomic E-state index is 11.5. The van der Waals surface area contributed by atoms with Crippen LogP contribution < -0.4 is 10.6 Å². The molecule has 1 aliphatic heterocycles. The summed E-state index contributed by atoms with van der Waals surface area (Å²) in [6.45, 7) is 3.99. The molecule has 122 valence electrons. The zero-order chi connectivity index (χ0) is 16.4. The third kappa shape index (κ3) is 3.13. The lowest BCUT2D eigenvalue weighted by molar-refractivity contribution is -0.115. The van der Waals surface area contributed by atoms with Gasteiger partial charge in [-0.05, 0) is 37.2 Å². The molecule has 0 unspecified atom stereocenters. The Morgan fingerprint density at radius 1 is 1.43 bits per heavy atom. The van der Waals surface area contributed by atoms with Gasteiger partial charge >= 0.3 is 0 Å². The van der Waals surface area contributed by atoms with E-state index in [1.807, 2.05) is 37.8 Å². The number of hydrogen-bond acceptors (Lipinski definition) is 4. The van der Waals surface area contributed by atoms with Crippen LogP contribution in [0.2, 0.25) is 0 Å². The van der Waals surface area contributed by atoms with Crippen LogP contribution in [0.5, 0.6) is 0 Å². The van der Waals surface area contributed by atoms with Gasteiger partial charge in [0, 0.05) is 24.8 Å². The van der Waals surface area contributed by atoms with Crippen molar-refractivity contribution in [2.24, 2.45) is 7.05 Å². The number of aryl methyl sites for hydroxylation is 2. The van der Waals surface area contributed by atoms with E-state index in [-0.39, 0.29) is 5.91 Å². The van der Waals surface area contributed by atoms with Gasteiger partial charge in [0.1, 0.15) is 0 Å². The summed E-state index contributed by atoms with van der Waals surface area (Å²) in [4.78, 5) is 11.5.